The molecule has 0 radical (unpaired) electrons. The van der Waals surface area contributed by atoms with Crippen LogP contribution in [0.5, 0.6) is 0 Å². The number of carbonyl (C=O) groups is 1. The number of hydrogen-bond acceptors (Lipinski definition) is 6. The number of ether oxygens (including phenoxy) is 1. The maximum Gasteiger partial charge on any atom is 0.407 e. The normalized spacial score (nSPS) is 11.1. The van der Waals surface area contributed by atoms with E-state index < -0.39 is 6.09 Å². The Hall–Kier alpha value is -2.38. The number of rotatable bonds is 8. The van der Waals surface area contributed by atoms with Gasteiger partial charge in [-0.3, -0.25) is 0 Å². The summed E-state index contributed by atoms with van der Waals surface area (Å²) >= 11 is 12.3. The van der Waals surface area contributed by atoms with E-state index in [1.807, 2.05) is 39.0 Å². The lowest BCUT2D eigenvalue weighted by molar-refractivity contribution is 0.137. The number of nitrogens with two attached hydrogens (primary N) is 1. The van der Waals surface area contributed by atoms with Gasteiger partial charge in [-0.15, -0.1) is 0 Å². The number of halogens is 2. The molecule has 7 nitrogen and oxygen atoms in total. The monoisotopic (exact) mass is 439 g/mol. The van der Waals surface area contributed by atoms with E-state index in [9.17, 15) is 4.79 Å². The summed E-state index contributed by atoms with van der Waals surface area (Å²) in [7, 11) is 0. The van der Waals surface area contributed by atoms with Crippen LogP contribution in [0, 0.1) is 0 Å². The number of alkyl carbamates (subject to hydrolysis) is 1. The highest BCUT2D eigenvalue weighted by atomic mass is 35.5. The summed E-state index contributed by atoms with van der Waals surface area (Å²) in [5.74, 6) is 0.665. The van der Waals surface area contributed by atoms with Crippen molar-refractivity contribution in [2.24, 2.45) is 0 Å². The molecule has 9 heteroatoms. The lowest BCUT2D eigenvalue weighted by Crippen LogP contribution is -2.41. The van der Waals surface area contributed by atoms with Gasteiger partial charge >= 0.3 is 6.09 Å². The van der Waals surface area contributed by atoms with Crippen molar-refractivity contribution < 1.29 is 9.53 Å². The Bertz CT molecular complexity index is 840. The van der Waals surface area contributed by atoms with Gasteiger partial charge in [0.2, 0.25) is 0 Å². The molecule has 0 aliphatic rings. The van der Waals surface area contributed by atoms with Gasteiger partial charge in [0.05, 0.1) is 34.2 Å². The van der Waals surface area contributed by atoms with E-state index in [2.05, 4.69) is 20.9 Å². The maximum absolute atomic E-state index is 11.6. The molecule has 1 aromatic carbocycles. The van der Waals surface area contributed by atoms with Crippen molar-refractivity contribution in [2.45, 2.75) is 39.3 Å². The number of hydrogen-bond donors (Lipinski definition) is 4. The van der Waals surface area contributed by atoms with Crippen molar-refractivity contribution in [1.82, 2.24) is 10.3 Å². The molecule has 1 aromatic heterocycles. The van der Waals surface area contributed by atoms with Crippen molar-refractivity contribution in [3.05, 3.63) is 46.1 Å². The fraction of sp³-hybridized carbons (Fsp3) is 0.400. The predicted octanol–water partition coefficient (Wildman–Crippen LogP) is 4.91. The average Bonchev–Trinajstić information content (AvgIpc) is 2.63. The minimum Gasteiger partial charge on any atom is -0.449 e. The molecule has 0 saturated heterocycles. The second-order valence-corrected chi connectivity index (χ2v) is 8.30. The van der Waals surface area contributed by atoms with Crippen LogP contribution < -0.4 is 21.7 Å². The van der Waals surface area contributed by atoms with Crippen molar-refractivity contribution in [3.63, 3.8) is 0 Å². The van der Waals surface area contributed by atoms with Crippen LogP contribution in [0.15, 0.2) is 30.5 Å². The van der Waals surface area contributed by atoms with Crippen molar-refractivity contribution in [2.75, 3.05) is 29.5 Å². The predicted molar refractivity (Wildman–Crippen MR) is 120 cm³/mol. The summed E-state index contributed by atoms with van der Waals surface area (Å²) in [6, 6.07) is 7.30. The van der Waals surface area contributed by atoms with Crippen molar-refractivity contribution in [1.29, 1.82) is 0 Å². The van der Waals surface area contributed by atoms with Crippen molar-refractivity contribution >= 4 is 46.5 Å². The lowest BCUT2D eigenvalue weighted by atomic mass is 10.1. The van der Waals surface area contributed by atoms with E-state index in [1.165, 1.54) is 0 Å². The molecule has 0 aliphatic heterocycles. The van der Waals surface area contributed by atoms with Crippen LogP contribution in [-0.2, 0) is 11.3 Å². The smallest absolute Gasteiger partial charge is 0.407 e. The second kappa shape index (κ2) is 10.4. The standard InChI is InChI=1S/C20H27Cl2N5O2/c1-20(2,3)27-19(28)29-9-5-8-24-17-10-16(15(23)12-26-17)25-11-13-6-4-7-14(21)18(13)22/h4,6-7,10,12H,5,8-9,11,23H2,1-3H3,(H,27,28)(H2,24,25,26). The number of pyridine rings is 1. The molecule has 0 aliphatic carbocycles. The number of nitrogens with one attached hydrogen (secondary N) is 3. The summed E-state index contributed by atoms with van der Waals surface area (Å²) in [4.78, 5) is 15.9. The third-order valence-corrected chi connectivity index (χ3v) is 4.63. The fourth-order valence-corrected chi connectivity index (χ4v) is 2.77. The highest BCUT2D eigenvalue weighted by Gasteiger charge is 2.14. The zero-order valence-electron chi connectivity index (χ0n) is 16.8. The number of nitrogens with zero attached hydrogens (tertiary/aromatic N) is 1. The van der Waals surface area contributed by atoms with E-state index in [1.54, 1.807) is 12.3 Å². The van der Waals surface area contributed by atoms with Crippen LogP contribution in [0.1, 0.15) is 32.8 Å². The molecule has 29 heavy (non-hydrogen) atoms. The lowest BCUT2D eigenvalue weighted by Gasteiger charge is -2.19. The molecule has 0 atom stereocenters. The number of aromatic nitrogens is 1. The van der Waals surface area contributed by atoms with Gasteiger partial charge in [0, 0.05) is 24.7 Å². The second-order valence-electron chi connectivity index (χ2n) is 7.51. The van der Waals surface area contributed by atoms with Crippen molar-refractivity contribution in [3.8, 4) is 0 Å². The summed E-state index contributed by atoms with van der Waals surface area (Å²) in [6.45, 7) is 7.07. The molecule has 0 saturated carbocycles. The first kappa shape index (κ1) is 22.9. The van der Waals surface area contributed by atoms with E-state index in [-0.39, 0.29) is 5.54 Å². The Morgan fingerprint density at radius 1 is 1.24 bits per heavy atom. The molecule has 158 valence electrons. The van der Waals surface area contributed by atoms with Gasteiger partial charge in [-0.05, 0) is 38.8 Å². The van der Waals surface area contributed by atoms with Gasteiger partial charge in [-0.1, -0.05) is 35.3 Å². The van der Waals surface area contributed by atoms with Gasteiger partial charge in [-0.2, -0.15) is 0 Å². The van der Waals surface area contributed by atoms with Gasteiger partial charge in [0.25, 0.3) is 0 Å². The molecule has 0 fully saturated rings. The Kier molecular flexibility index (Phi) is 8.22. The first-order chi connectivity index (χ1) is 13.7. The van der Waals surface area contributed by atoms with E-state index in [0.29, 0.717) is 47.7 Å². The Balaban J connectivity index is 1.81. The third kappa shape index (κ3) is 7.87. The van der Waals surface area contributed by atoms with Crippen LogP contribution in [0.25, 0.3) is 0 Å². The van der Waals surface area contributed by atoms with Gasteiger partial charge in [0.15, 0.2) is 0 Å². The third-order valence-electron chi connectivity index (χ3n) is 3.77. The summed E-state index contributed by atoms with van der Waals surface area (Å²) in [5, 5.41) is 10.2. The van der Waals surface area contributed by atoms with Crippen LogP contribution >= 0.6 is 23.2 Å². The molecule has 1 amide bonds. The molecule has 2 aromatic rings. The molecule has 5 N–H and O–H groups in total. The number of nitrogen functional groups attached to an aromatic ring is 1. The van der Waals surface area contributed by atoms with Crippen LogP contribution in [0.2, 0.25) is 10.0 Å². The summed E-state index contributed by atoms with van der Waals surface area (Å²) in [5.41, 5.74) is 7.82. The molecular formula is C20H27Cl2N5O2. The zero-order valence-corrected chi connectivity index (χ0v) is 18.3. The Labute approximate surface area is 181 Å². The zero-order chi connectivity index (χ0) is 21.4. The number of carbonyl (C=O) groups excluding carboxylic acids is 1. The van der Waals surface area contributed by atoms with Gasteiger partial charge in [0.1, 0.15) is 5.82 Å². The Morgan fingerprint density at radius 2 is 2.00 bits per heavy atom. The first-order valence-electron chi connectivity index (χ1n) is 9.27. The minimum atomic E-state index is -0.422. The van der Waals surface area contributed by atoms with Crippen LogP contribution in [0.3, 0.4) is 0 Å². The van der Waals surface area contributed by atoms with E-state index in [4.69, 9.17) is 33.7 Å². The summed E-state index contributed by atoms with van der Waals surface area (Å²) < 4.78 is 5.14. The van der Waals surface area contributed by atoms with Gasteiger partial charge in [-0.25, -0.2) is 9.78 Å². The molecule has 0 unspecified atom stereocenters. The topological polar surface area (TPSA) is 101 Å². The average molecular weight is 440 g/mol. The quantitative estimate of drug-likeness (QED) is 0.435. The Morgan fingerprint density at radius 3 is 2.72 bits per heavy atom. The highest BCUT2D eigenvalue weighted by Crippen LogP contribution is 2.27. The number of benzene rings is 1. The maximum atomic E-state index is 11.6. The number of anilines is 3. The van der Waals surface area contributed by atoms with Gasteiger partial charge < -0.3 is 26.4 Å². The van der Waals surface area contributed by atoms with E-state index >= 15 is 0 Å². The summed E-state index contributed by atoms with van der Waals surface area (Å²) in [6.07, 6.45) is 1.80. The molecule has 0 bridgehead atoms. The molecule has 0 spiro atoms. The molecule has 1 heterocycles. The first-order valence-corrected chi connectivity index (χ1v) is 10.0. The molecular weight excluding hydrogens is 413 g/mol. The SMILES string of the molecule is CC(C)(C)NC(=O)OCCCNc1cc(NCc2cccc(Cl)c2Cl)c(N)cn1. The minimum absolute atomic E-state index is 0.308. The largest absolute Gasteiger partial charge is 0.449 e. The molecule has 2 rings (SSSR count). The fourth-order valence-electron chi connectivity index (χ4n) is 2.39. The van der Waals surface area contributed by atoms with E-state index in [0.717, 1.165) is 11.3 Å². The van der Waals surface area contributed by atoms with Crippen LogP contribution in [0.4, 0.5) is 22.0 Å². The highest BCUT2D eigenvalue weighted by molar-refractivity contribution is 6.42. The van der Waals surface area contributed by atoms with Crippen LogP contribution in [-0.4, -0.2) is 29.8 Å². The number of amides is 1.